The third kappa shape index (κ3) is 5.52. The number of esters is 1. The number of hydrogen-bond donors (Lipinski definition) is 0. The van der Waals surface area contributed by atoms with Gasteiger partial charge in [0.25, 0.3) is 0 Å². The van der Waals surface area contributed by atoms with Crippen LogP contribution in [0.4, 0.5) is 4.39 Å². The van der Waals surface area contributed by atoms with Crippen LogP contribution in [0.25, 0.3) is 6.08 Å². The Kier molecular flexibility index (Phi) is 7.24. The van der Waals surface area contributed by atoms with Gasteiger partial charge in [0, 0.05) is 11.6 Å². The van der Waals surface area contributed by atoms with Crippen molar-refractivity contribution in [3.05, 3.63) is 82.0 Å². The zero-order valence-electron chi connectivity index (χ0n) is 17.8. The van der Waals surface area contributed by atoms with Crippen molar-refractivity contribution in [1.29, 1.82) is 5.26 Å². The molecule has 0 aliphatic carbocycles. The smallest absolute Gasteiger partial charge is 0.331 e. The van der Waals surface area contributed by atoms with Crippen LogP contribution in [0.15, 0.2) is 47.0 Å². The summed E-state index contributed by atoms with van der Waals surface area (Å²) in [4.78, 5) is 12.0. The number of halogens is 1. The summed E-state index contributed by atoms with van der Waals surface area (Å²) in [5.41, 5.74) is 2.74. The van der Waals surface area contributed by atoms with E-state index in [-0.39, 0.29) is 24.3 Å². The second-order valence-corrected chi connectivity index (χ2v) is 6.86. The molecular weight excluding hydrogens is 415 g/mol. The first-order chi connectivity index (χ1) is 15.4. The second-order valence-electron chi connectivity index (χ2n) is 6.86. The first kappa shape index (κ1) is 22.6. The third-order valence-corrected chi connectivity index (χ3v) is 4.70. The van der Waals surface area contributed by atoms with Crippen LogP contribution in [-0.4, -0.2) is 18.2 Å². The van der Waals surface area contributed by atoms with Gasteiger partial charge in [0.15, 0.2) is 11.5 Å². The van der Waals surface area contributed by atoms with Crippen molar-refractivity contribution in [2.24, 2.45) is 0 Å². The Morgan fingerprint density at radius 1 is 1.19 bits per heavy atom. The molecule has 0 atom stereocenters. The van der Waals surface area contributed by atoms with Gasteiger partial charge in [-0.1, -0.05) is 11.2 Å². The van der Waals surface area contributed by atoms with Crippen molar-refractivity contribution in [3.63, 3.8) is 0 Å². The van der Waals surface area contributed by atoms with Gasteiger partial charge >= 0.3 is 5.97 Å². The van der Waals surface area contributed by atoms with Crippen molar-refractivity contribution >= 4 is 12.0 Å². The van der Waals surface area contributed by atoms with Gasteiger partial charge in [0.2, 0.25) is 0 Å². The molecule has 8 heteroatoms. The molecule has 164 valence electrons. The molecule has 2 aromatic carbocycles. The summed E-state index contributed by atoms with van der Waals surface area (Å²) in [6.07, 6.45) is 2.77. The zero-order chi connectivity index (χ0) is 23.1. The number of benzene rings is 2. The van der Waals surface area contributed by atoms with E-state index in [1.54, 1.807) is 24.3 Å². The van der Waals surface area contributed by atoms with Crippen LogP contribution in [0.5, 0.6) is 11.5 Å². The average Bonchev–Trinajstić information content (AvgIpc) is 3.12. The Morgan fingerprint density at radius 2 is 2.00 bits per heavy atom. The topological polar surface area (TPSA) is 94.6 Å². The van der Waals surface area contributed by atoms with Gasteiger partial charge in [-0.05, 0) is 55.8 Å². The molecule has 0 spiro atoms. The monoisotopic (exact) mass is 436 g/mol. The first-order valence-corrected chi connectivity index (χ1v) is 9.67. The van der Waals surface area contributed by atoms with Crippen molar-refractivity contribution in [2.75, 3.05) is 7.11 Å². The number of nitriles is 1. The number of nitrogens with zero attached hydrogens (tertiary/aromatic N) is 2. The normalized spacial score (nSPS) is 10.7. The number of aromatic nitrogens is 1. The average molecular weight is 436 g/mol. The molecule has 1 aromatic heterocycles. The van der Waals surface area contributed by atoms with Gasteiger partial charge in [0.1, 0.15) is 24.8 Å². The Balaban J connectivity index is 1.62. The lowest BCUT2D eigenvalue weighted by molar-refractivity contribution is -0.138. The number of rotatable bonds is 8. The van der Waals surface area contributed by atoms with Crippen LogP contribution in [0.2, 0.25) is 0 Å². The molecule has 7 nitrogen and oxygen atoms in total. The fourth-order valence-corrected chi connectivity index (χ4v) is 2.88. The summed E-state index contributed by atoms with van der Waals surface area (Å²) in [5, 5.41) is 12.8. The third-order valence-electron chi connectivity index (χ3n) is 4.70. The van der Waals surface area contributed by atoms with Gasteiger partial charge in [-0.25, -0.2) is 9.18 Å². The van der Waals surface area contributed by atoms with Crippen molar-refractivity contribution < 1.29 is 27.9 Å². The maximum absolute atomic E-state index is 13.8. The molecule has 0 unspecified atom stereocenters. The summed E-state index contributed by atoms with van der Waals surface area (Å²) < 4.78 is 35.2. The number of carbonyl (C=O) groups excluding carboxylic acids is 1. The Morgan fingerprint density at radius 3 is 2.69 bits per heavy atom. The highest BCUT2D eigenvalue weighted by Gasteiger charge is 2.12. The van der Waals surface area contributed by atoms with E-state index in [4.69, 9.17) is 24.0 Å². The summed E-state index contributed by atoms with van der Waals surface area (Å²) in [7, 11) is 1.52. The van der Waals surface area contributed by atoms with Crippen LogP contribution in [-0.2, 0) is 22.7 Å². The van der Waals surface area contributed by atoms with Gasteiger partial charge in [-0.3, -0.25) is 0 Å². The molecule has 3 aromatic rings. The van der Waals surface area contributed by atoms with E-state index in [0.717, 1.165) is 11.3 Å². The Labute approximate surface area is 184 Å². The molecule has 0 aliphatic heterocycles. The lowest BCUT2D eigenvalue weighted by Gasteiger charge is -2.11. The summed E-state index contributed by atoms with van der Waals surface area (Å²) in [6.45, 7) is 3.66. The number of ether oxygens (including phenoxy) is 3. The van der Waals surface area contributed by atoms with Crippen LogP contribution in [0, 0.1) is 31.0 Å². The van der Waals surface area contributed by atoms with E-state index in [1.807, 2.05) is 19.9 Å². The summed E-state index contributed by atoms with van der Waals surface area (Å²) in [6, 6.07) is 11.0. The van der Waals surface area contributed by atoms with Crippen molar-refractivity contribution in [2.45, 2.75) is 27.1 Å². The minimum absolute atomic E-state index is 0.132. The molecular formula is C24H21FN2O5. The highest BCUT2D eigenvalue weighted by atomic mass is 19.1. The molecule has 1 heterocycles. The van der Waals surface area contributed by atoms with E-state index < -0.39 is 11.8 Å². The van der Waals surface area contributed by atoms with E-state index in [2.05, 4.69) is 5.16 Å². The molecule has 0 bridgehead atoms. The van der Waals surface area contributed by atoms with Gasteiger partial charge in [-0.15, -0.1) is 0 Å². The highest BCUT2D eigenvalue weighted by Crippen LogP contribution is 2.30. The fraction of sp³-hybridized carbons (Fsp3) is 0.208. The predicted octanol–water partition coefficient (Wildman–Crippen LogP) is 4.65. The molecule has 0 saturated carbocycles. The largest absolute Gasteiger partial charge is 0.493 e. The van der Waals surface area contributed by atoms with Gasteiger partial charge in [-0.2, -0.15) is 5.26 Å². The number of methoxy groups -OCH3 is 1. The second kappa shape index (κ2) is 10.3. The van der Waals surface area contributed by atoms with E-state index in [1.165, 1.54) is 31.4 Å². The van der Waals surface area contributed by atoms with Crippen LogP contribution in [0.3, 0.4) is 0 Å². The standard InChI is InChI=1S/C24H21FN2O5/c1-15-20(16(2)32-27-15)14-30-22-8-5-17(11-23(22)29-3)6-9-24(28)31-13-19-10-18(12-26)4-7-21(19)25/h4-11H,13-14H2,1-3H3/b9-6+. The van der Waals surface area contributed by atoms with Crippen LogP contribution in [0.1, 0.15) is 33.7 Å². The highest BCUT2D eigenvalue weighted by molar-refractivity contribution is 5.87. The first-order valence-electron chi connectivity index (χ1n) is 9.67. The summed E-state index contributed by atoms with van der Waals surface area (Å²) >= 11 is 0. The van der Waals surface area contributed by atoms with Crippen LogP contribution >= 0.6 is 0 Å². The van der Waals surface area contributed by atoms with Crippen LogP contribution < -0.4 is 9.47 Å². The van der Waals surface area contributed by atoms with Gasteiger partial charge < -0.3 is 18.7 Å². The molecule has 0 radical (unpaired) electrons. The molecule has 0 fully saturated rings. The number of aryl methyl sites for hydroxylation is 2. The molecule has 0 amide bonds. The van der Waals surface area contributed by atoms with Crippen molar-refractivity contribution in [3.8, 4) is 17.6 Å². The Bertz CT molecular complexity index is 1170. The lowest BCUT2D eigenvalue weighted by atomic mass is 10.1. The Hall–Kier alpha value is -4.12. The van der Waals surface area contributed by atoms with Crippen molar-refractivity contribution in [1.82, 2.24) is 5.16 Å². The fourth-order valence-electron chi connectivity index (χ4n) is 2.88. The molecule has 32 heavy (non-hydrogen) atoms. The minimum atomic E-state index is -0.649. The van der Waals surface area contributed by atoms with E-state index >= 15 is 0 Å². The number of hydrogen-bond acceptors (Lipinski definition) is 7. The maximum Gasteiger partial charge on any atom is 0.331 e. The zero-order valence-corrected chi connectivity index (χ0v) is 17.8. The minimum Gasteiger partial charge on any atom is -0.493 e. The van der Waals surface area contributed by atoms with E-state index in [9.17, 15) is 9.18 Å². The maximum atomic E-state index is 13.8. The quantitative estimate of drug-likeness (QED) is 0.375. The molecule has 0 saturated heterocycles. The molecule has 3 rings (SSSR count). The van der Waals surface area contributed by atoms with Gasteiger partial charge in [0.05, 0.1) is 30.0 Å². The predicted molar refractivity (Wildman–Crippen MR) is 113 cm³/mol. The molecule has 0 N–H and O–H groups in total. The number of carbonyl (C=O) groups is 1. The summed E-state index contributed by atoms with van der Waals surface area (Å²) in [5.74, 6) is 0.517. The van der Waals surface area contributed by atoms with E-state index in [0.29, 0.717) is 22.8 Å². The SMILES string of the molecule is COc1cc(/C=C/C(=O)OCc2cc(C#N)ccc2F)ccc1OCc1c(C)noc1C. The lowest BCUT2D eigenvalue weighted by Crippen LogP contribution is -2.03. The molecule has 0 aliphatic rings.